The molecular formula is C13H25NO3. The van der Waals surface area contributed by atoms with Crippen molar-refractivity contribution in [3.05, 3.63) is 0 Å². The second-order valence-corrected chi connectivity index (χ2v) is 5.08. The van der Waals surface area contributed by atoms with E-state index in [-0.39, 0.29) is 6.10 Å². The summed E-state index contributed by atoms with van der Waals surface area (Å²) in [5.74, 6) is 0. The van der Waals surface area contributed by atoms with E-state index in [1.54, 1.807) is 0 Å². The summed E-state index contributed by atoms with van der Waals surface area (Å²) in [6.45, 7) is 6.45. The molecule has 2 saturated heterocycles. The quantitative estimate of drug-likeness (QED) is 0.715. The van der Waals surface area contributed by atoms with Gasteiger partial charge in [0.2, 0.25) is 0 Å². The molecule has 2 heterocycles. The molecule has 0 saturated carbocycles. The SMILES string of the molecule is CC1CNCC(COCCCC2CCCO2)O1. The fourth-order valence-corrected chi connectivity index (χ4v) is 2.47. The summed E-state index contributed by atoms with van der Waals surface area (Å²) in [7, 11) is 0. The maximum Gasteiger partial charge on any atom is 0.0936 e. The largest absolute Gasteiger partial charge is 0.379 e. The minimum atomic E-state index is 0.224. The van der Waals surface area contributed by atoms with E-state index >= 15 is 0 Å². The van der Waals surface area contributed by atoms with Crippen molar-refractivity contribution in [1.82, 2.24) is 5.32 Å². The first-order chi connectivity index (χ1) is 8.34. The first-order valence-corrected chi connectivity index (χ1v) is 6.90. The molecule has 17 heavy (non-hydrogen) atoms. The highest BCUT2D eigenvalue weighted by Crippen LogP contribution is 2.16. The first kappa shape index (κ1) is 13.3. The van der Waals surface area contributed by atoms with Crippen molar-refractivity contribution in [2.24, 2.45) is 0 Å². The fourth-order valence-electron chi connectivity index (χ4n) is 2.47. The lowest BCUT2D eigenvalue weighted by molar-refractivity contribution is -0.0694. The molecule has 4 nitrogen and oxygen atoms in total. The lowest BCUT2D eigenvalue weighted by Gasteiger charge is -2.28. The highest BCUT2D eigenvalue weighted by Gasteiger charge is 2.19. The molecule has 1 N–H and O–H groups in total. The maximum absolute atomic E-state index is 5.75. The molecule has 3 unspecified atom stereocenters. The molecule has 100 valence electrons. The third-order valence-corrected chi connectivity index (χ3v) is 3.37. The van der Waals surface area contributed by atoms with Gasteiger partial charge in [-0.05, 0) is 32.6 Å². The van der Waals surface area contributed by atoms with E-state index in [0.717, 1.165) is 39.1 Å². The number of nitrogens with one attached hydrogen (secondary N) is 1. The van der Waals surface area contributed by atoms with E-state index in [1.165, 1.54) is 12.8 Å². The second-order valence-electron chi connectivity index (χ2n) is 5.08. The molecular weight excluding hydrogens is 218 g/mol. The molecule has 2 aliphatic rings. The van der Waals surface area contributed by atoms with Crippen molar-refractivity contribution in [2.45, 2.75) is 50.9 Å². The number of hydrogen-bond acceptors (Lipinski definition) is 4. The van der Waals surface area contributed by atoms with Gasteiger partial charge in [-0.25, -0.2) is 0 Å². The van der Waals surface area contributed by atoms with Gasteiger partial charge in [0.15, 0.2) is 0 Å². The van der Waals surface area contributed by atoms with Gasteiger partial charge in [-0.1, -0.05) is 0 Å². The van der Waals surface area contributed by atoms with Crippen molar-refractivity contribution in [1.29, 1.82) is 0 Å². The van der Waals surface area contributed by atoms with Gasteiger partial charge in [-0.3, -0.25) is 0 Å². The van der Waals surface area contributed by atoms with Crippen LogP contribution >= 0.6 is 0 Å². The molecule has 3 atom stereocenters. The zero-order chi connectivity index (χ0) is 11.9. The molecule has 0 aliphatic carbocycles. The minimum Gasteiger partial charge on any atom is -0.379 e. The summed E-state index contributed by atoms with van der Waals surface area (Å²) in [4.78, 5) is 0. The summed E-state index contributed by atoms with van der Waals surface area (Å²) >= 11 is 0. The fraction of sp³-hybridized carbons (Fsp3) is 1.00. The summed E-state index contributed by atoms with van der Waals surface area (Å²) in [5.41, 5.74) is 0. The van der Waals surface area contributed by atoms with E-state index in [4.69, 9.17) is 14.2 Å². The van der Waals surface area contributed by atoms with Gasteiger partial charge in [-0.15, -0.1) is 0 Å². The van der Waals surface area contributed by atoms with Crippen LogP contribution in [-0.2, 0) is 14.2 Å². The molecule has 0 aromatic carbocycles. The van der Waals surface area contributed by atoms with Crippen LogP contribution in [0.5, 0.6) is 0 Å². The molecule has 0 bridgehead atoms. The van der Waals surface area contributed by atoms with Gasteiger partial charge < -0.3 is 19.5 Å². The zero-order valence-electron chi connectivity index (χ0n) is 10.8. The van der Waals surface area contributed by atoms with E-state index in [0.29, 0.717) is 18.8 Å². The summed E-state index contributed by atoms with van der Waals surface area (Å²) in [5, 5.41) is 3.35. The Hall–Kier alpha value is -0.160. The van der Waals surface area contributed by atoms with Crippen LogP contribution in [0.2, 0.25) is 0 Å². The van der Waals surface area contributed by atoms with Crippen molar-refractivity contribution in [2.75, 3.05) is 32.9 Å². The number of rotatable bonds is 6. The van der Waals surface area contributed by atoms with Crippen molar-refractivity contribution < 1.29 is 14.2 Å². The lowest BCUT2D eigenvalue weighted by Crippen LogP contribution is -2.45. The molecule has 0 radical (unpaired) electrons. The molecule has 2 fully saturated rings. The molecule has 0 amide bonds. The number of ether oxygens (including phenoxy) is 3. The van der Waals surface area contributed by atoms with Crippen LogP contribution in [0.1, 0.15) is 32.6 Å². The van der Waals surface area contributed by atoms with Crippen LogP contribution < -0.4 is 5.32 Å². The van der Waals surface area contributed by atoms with Gasteiger partial charge >= 0.3 is 0 Å². The smallest absolute Gasteiger partial charge is 0.0936 e. The summed E-state index contributed by atoms with van der Waals surface area (Å²) in [6.07, 6.45) is 5.72. The van der Waals surface area contributed by atoms with E-state index in [2.05, 4.69) is 12.2 Å². The van der Waals surface area contributed by atoms with Crippen LogP contribution in [0.15, 0.2) is 0 Å². The molecule has 2 aliphatic heterocycles. The third-order valence-electron chi connectivity index (χ3n) is 3.37. The average molecular weight is 243 g/mol. The molecule has 2 rings (SSSR count). The Morgan fingerprint density at radius 1 is 1.29 bits per heavy atom. The average Bonchev–Trinajstić information content (AvgIpc) is 2.82. The normalized spacial score (nSPS) is 34.1. The van der Waals surface area contributed by atoms with E-state index < -0.39 is 0 Å². The Bertz CT molecular complexity index is 207. The van der Waals surface area contributed by atoms with Gasteiger partial charge in [0, 0.05) is 26.3 Å². The lowest BCUT2D eigenvalue weighted by atomic mass is 10.1. The molecule has 0 aromatic heterocycles. The minimum absolute atomic E-state index is 0.224. The Morgan fingerprint density at radius 2 is 2.24 bits per heavy atom. The zero-order valence-corrected chi connectivity index (χ0v) is 10.8. The second kappa shape index (κ2) is 7.31. The predicted octanol–water partition coefficient (Wildman–Crippen LogP) is 1.34. The van der Waals surface area contributed by atoms with E-state index in [1.807, 2.05) is 0 Å². The monoisotopic (exact) mass is 243 g/mol. The van der Waals surface area contributed by atoms with Crippen molar-refractivity contribution in [3.63, 3.8) is 0 Å². The Morgan fingerprint density at radius 3 is 3.00 bits per heavy atom. The number of morpholine rings is 1. The standard InChI is InChI=1S/C13H25NO3/c1-11-8-14-9-13(17-11)10-15-6-2-4-12-5-3-7-16-12/h11-14H,2-10H2,1H3. The molecule has 0 aromatic rings. The van der Waals surface area contributed by atoms with Crippen molar-refractivity contribution in [3.8, 4) is 0 Å². The summed E-state index contributed by atoms with van der Waals surface area (Å²) in [6, 6.07) is 0. The predicted molar refractivity (Wildman–Crippen MR) is 66.2 cm³/mol. The highest BCUT2D eigenvalue weighted by atomic mass is 16.5. The van der Waals surface area contributed by atoms with Gasteiger partial charge in [0.1, 0.15) is 0 Å². The van der Waals surface area contributed by atoms with Crippen LogP contribution in [0.25, 0.3) is 0 Å². The molecule has 0 spiro atoms. The Kier molecular flexibility index (Phi) is 5.71. The summed E-state index contributed by atoms with van der Waals surface area (Å²) < 4.78 is 17.0. The van der Waals surface area contributed by atoms with Crippen LogP contribution in [0.4, 0.5) is 0 Å². The van der Waals surface area contributed by atoms with Crippen LogP contribution in [0.3, 0.4) is 0 Å². The Balaban J connectivity index is 1.45. The van der Waals surface area contributed by atoms with Gasteiger partial charge in [-0.2, -0.15) is 0 Å². The third kappa shape index (κ3) is 4.92. The topological polar surface area (TPSA) is 39.7 Å². The maximum atomic E-state index is 5.75. The van der Waals surface area contributed by atoms with Crippen LogP contribution in [-0.4, -0.2) is 51.2 Å². The van der Waals surface area contributed by atoms with Gasteiger partial charge in [0.05, 0.1) is 24.9 Å². The first-order valence-electron chi connectivity index (χ1n) is 6.90. The van der Waals surface area contributed by atoms with Crippen molar-refractivity contribution >= 4 is 0 Å². The van der Waals surface area contributed by atoms with E-state index in [9.17, 15) is 0 Å². The Labute approximate surface area is 104 Å². The molecule has 4 heteroatoms. The number of hydrogen-bond donors (Lipinski definition) is 1. The highest BCUT2D eigenvalue weighted by molar-refractivity contribution is 4.71. The van der Waals surface area contributed by atoms with Crippen LogP contribution in [0, 0.1) is 0 Å². The van der Waals surface area contributed by atoms with Gasteiger partial charge in [0.25, 0.3) is 0 Å².